The third kappa shape index (κ3) is 3.98. The average molecular weight is 293 g/mol. The van der Waals surface area contributed by atoms with Gasteiger partial charge in [0.25, 0.3) is 5.91 Å². The van der Waals surface area contributed by atoms with Gasteiger partial charge in [-0.3, -0.25) is 9.69 Å². The fourth-order valence-electron chi connectivity index (χ4n) is 2.35. The molecule has 0 saturated carbocycles. The zero-order valence-electron chi connectivity index (χ0n) is 12.3. The molecule has 0 aliphatic carbocycles. The lowest BCUT2D eigenvalue weighted by molar-refractivity contribution is 0.0771. The van der Waals surface area contributed by atoms with Gasteiger partial charge < -0.3 is 10.2 Å². The molecule has 1 aromatic rings. The standard InChI is InChI=1S/C15H23N3OS/c1-17(11-12-18-9-7-16-8-10-18)15(19)13-5-3-4-6-14(13)20-2/h3-6,16H,7-12H2,1-2H3. The van der Waals surface area contributed by atoms with Crippen molar-refractivity contribution < 1.29 is 4.79 Å². The Labute approximate surface area is 125 Å². The highest BCUT2D eigenvalue weighted by molar-refractivity contribution is 7.98. The van der Waals surface area contributed by atoms with E-state index in [1.807, 2.05) is 42.5 Å². The van der Waals surface area contributed by atoms with Gasteiger partial charge in [0, 0.05) is 51.2 Å². The van der Waals surface area contributed by atoms with Crippen molar-refractivity contribution in [3.63, 3.8) is 0 Å². The van der Waals surface area contributed by atoms with E-state index in [4.69, 9.17) is 0 Å². The third-order valence-corrected chi connectivity index (χ3v) is 4.44. The molecule has 1 fully saturated rings. The van der Waals surface area contributed by atoms with Crippen LogP contribution >= 0.6 is 11.8 Å². The highest BCUT2D eigenvalue weighted by Gasteiger charge is 2.16. The van der Waals surface area contributed by atoms with Gasteiger partial charge in [-0.15, -0.1) is 11.8 Å². The Morgan fingerprint density at radius 2 is 2.05 bits per heavy atom. The van der Waals surface area contributed by atoms with E-state index in [1.165, 1.54) is 0 Å². The van der Waals surface area contributed by atoms with Gasteiger partial charge in [0.1, 0.15) is 0 Å². The molecule has 1 aromatic carbocycles. The van der Waals surface area contributed by atoms with E-state index in [1.54, 1.807) is 11.8 Å². The van der Waals surface area contributed by atoms with Crippen molar-refractivity contribution in [2.45, 2.75) is 4.90 Å². The van der Waals surface area contributed by atoms with Crippen LogP contribution in [0.5, 0.6) is 0 Å². The van der Waals surface area contributed by atoms with Crippen LogP contribution in [0.15, 0.2) is 29.2 Å². The van der Waals surface area contributed by atoms with Crippen LogP contribution in [0.25, 0.3) is 0 Å². The second kappa shape index (κ2) is 7.67. The number of nitrogens with zero attached hydrogens (tertiary/aromatic N) is 2. The summed E-state index contributed by atoms with van der Waals surface area (Å²) in [6, 6.07) is 7.82. The topological polar surface area (TPSA) is 35.6 Å². The average Bonchev–Trinajstić information content (AvgIpc) is 2.52. The van der Waals surface area contributed by atoms with Gasteiger partial charge in [-0.05, 0) is 18.4 Å². The monoisotopic (exact) mass is 293 g/mol. The Balaban J connectivity index is 1.90. The fourth-order valence-corrected chi connectivity index (χ4v) is 2.94. The SMILES string of the molecule is CSc1ccccc1C(=O)N(C)CCN1CCNCC1. The highest BCUT2D eigenvalue weighted by Crippen LogP contribution is 2.20. The van der Waals surface area contributed by atoms with Gasteiger partial charge in [0.15, 0.2) is 0 Å². The Morgan fingerprint density at radius 3 is 2.75 bits per heavy atom. The van der Waals surface area contributed by atoms with Crippen LogP contribution in [0.1, 0.15) is 10.4 Å². The predicted octanol–water partition coefficient (Wildman–Crippen LogP) is 1.39. The molecule has 1 N–H and O–H groups in total. The molecule has 4 nitrogen and oxygen atoms in total. The first-order chi connectivity index (χ1) is 9.72. The maximum Gasteiger partial charge on any atom is 0.254 e. The number of carbonyl (C=O) groups is 1. The van der Waals surface area contributed by atoms with Crippen LogP contribution in [0.4, 0.5) is 0 Å². The number of thioether (sulfide) groups is 1. The van der Waals surface area contributed by atoms with E-state index in [0.717, 1.165) is 49.7 Å². The van der Waals surface area contributed by atoms with Crippen LogP contribution in [0, 0.1) is 0 Å². The maximum absolute atomic E-state index is 12.5. The summed E-state index contributed by atoms with van der Waals surface area (Å²) in [5, 5.41) is 3.34. The molecule has 0 atom stereocenters. The second-order valence-corrected chi connectivity index (χ2v) is 5.87. The number of rotatable bonds is 5. The largest absolute Gasteiger partial charge is 0.340 e. The lowest BCUT2D eigenvalue weighted by Gasteiger charge is -2.29. The maximum atomic E-state index is 12.5. The number of hydrogen-bond acceptors (Lipinski definition) is 4. The van der Waals surface area contributed by atoms with Crippen LogP contribution in [-0.4, -0.2) is 68.3 Å². The summed E-state index contributed by atoms with van der Waals surface area (Å²) in [4.78, 5) is 17.8. The minimum atomic E-state index is 0.116. The van der Waals surface area contributed by atoms with E-state index >= 15 is 0 Å². The van der Waals surface area contributed by atoms with Gasteiger partial charge >= 0.3 is 0 Å². The van der Waals surface area contributed by atoms with Crippen molar-refractivity contribution in [2.24, 2.45) is 0 Å². The Hall–Kier alpha value is -1.04. The fraction of sp³-hybridized carbons (Fsp3) is 0.533. The molecule has 1 amide bonds. The second-order valence-electron chi connectivity index (χ2n) is 5.02. The summed E-state index contributed by atoms with van der Waals surface area (Å²) in [5.74, 6) is 0.116. The molecule has 0 radical (unpaired) electrons. The summed E-state index contributed by atoms with van der Waals surface area (Å²) in [6.07, 6.45) is 2.01. The highest BCUT2D eigenvalue weighted by atomic mass is 32.2. The molecule has 20 heavy (non-hydrogen) atoms. The summed E-state index contributed by atoms with van der Waals surface area (Å²) in [7, 11) is 1.89. The van der Waals surface area contributed by atoms with E-state index in [-0.39, 0.29) is 5.91 Å². The molecular formula is C15H23N3OS. The number of carbonyl (C=O) groups excluding carboxylic acids is 1. The zero-order chi connectivity index (χ0) is 14.4. The number of likely N-dealkylation sites (N-methyl/N-ethyl adjacent to an activating group) is 1. The molecule has 0 unspecified atom stereocenters. The third-order valence-electron chi connectivity index (χ3n) is 3.65. The molecule has 5 heteroatoms. The lowest BCUT2D eigenvalue weighted by Crippen LogP contribution is -2.46. The van der Waals surface area contributed by atoms with Crippen molar-refractivity contribution in [3.05, 3.63) is 29.8 Å². The van der Waals surface area contributed by atoms with Gasteiger partial charge in [-0.2, -0.15) is 0 Å². The number of piperazine rings is 1. The molecule has 0 aromatic heterocycles. The van der Waals surface area contributed by atoms with Crippen molar-refractivity contribution >= 4 is 17.7 Å². The van der Waals surface area contributed by atoms with Crippen LogP contribution in [0.3, 0.4) is 0 Å². The van der Waals surface area contributed by atoms with E-state index in [9.17, 15) is 4.79 Å². The van der Waals surface area contributed by atoms with Gasteiger partial charge in [-0.25, -0.2) is 0 Å². The van der Waals surface area contributed by atoms with Crippen LogP contribution in [-0.2, 0) is 0 Å². The van der Waals surface area contributed by atoms with Crippen molar-refractivity contribution in [1.29, 1.82) is 0 Å². The number of nitrogens with one attached hydrogen (secondary N) is 1. The number of amides is 1. The van der Waals surface area contributed by atoms with E-state index < -0.39 is 0 Å². The first-order valence-electron chi connectivity index (χ1n) is 7.04. The molecule has 2 rings (SSSR count). The molecular weight excluding hydrogens is 270 g/mol. The summed E-state index contributed by atoms with van der Waals surface area (Å²) < 4.78 is 0. The zero-order valence-corrected chi connectivity index (χ0v) is 13.1. The summed E-state index contributed by atoms with van der Waals surface area (Å²) >= 11 is 1.62. The lowest BCUT2D eigenvalue weighted by atomic mass is 10.2. The Morgan fingerprint density at radius 1 is 1.35 bits per heavy atom. The molecule has 0 bridgehead atoms. The van der Waals surface area contributed by atoms with Crippen molar-refractivity contribution in [2.75, 3.05) is 52.6 Å². The molecule has 1 aliphatic rings. The van der Waals surface area contributed by atoms with E-state index in [2.05, 4.69) is 10.2 Å². The molecule has 0 spiro atoms. The Bertz CT molecular complexity index is 446. The van der Waals surface area contributed by atoms with Gasteiger partial charge in [-0.1, -0.05) is 12.1 Å². The van der Waals surface area contributed by atoms with Crippen LogP contribution < -0.4 is 5.32 Å². The van der Waals surface area contributed by atoms with Crippen molar-refractivity contribution in [1.82, 2.24) is 15.1 Å². The first-order valence-corrected chi connectivity index (χ1v) is 8.26. The first kappa shape index (κ1) is 15.4. The van der Waals surface area contributed by atoms with E-state index in [0.29, 0.717) is 0 Å². The smallest absolute Gasteiger partial charge is 0.254 e. The summed E-state index contributed by atoms with van der Waals surface area (Å²) in [5.41, 5.74) is 0.808. The Kier molecular flexibility index (Phi) is 5.88. The molecule has 1 heterocycles. The van der Waals surface area contributed by atoms with Crippen LogP contribution in [0.2, 0.25) is 0 Å². The number of hydrogen-bond donors (Lipinski definition) is 1. The van der Waals surface area contributed by atoms with Gasteiger partial charge in [0.05, 0.1) is 5.56 Å². The molecule has 1 saturated heterocycles. The normalized spacial score (nSPS) is 16.1. The summed E-state index contributed by atoms with van der Waals surface area (Å²) in [6.45, 7) is 5.97. The number of benzene rings is 1. The quantitative estimate of drug-likeness (QED) is 0.832. The molecule has 110 valence electrons. The molecule has 1 aliphatic heterocycles. The minimum Gasteiger partial charge on any atom is -0.340 e. The van der Waals surface area contributed by atoms with Crippen molar-refractivity contribution in [3.8, 4) is 0 Å². The predicted molar refractivity (Wildman–Crippen MR) is 84.5 cm³/mol. The minimum absolute atomic E-state index is 0.116. The van der Waals surface area contributed by atoms with Gasteiger partial charge in [0.2, 0.25) is 0 Å².